The summed E-state index contributed by atoms with van der Waals surface area (Å²) in [7, 11) is 0. The zero-order chi connectivity index (χ0) is 12.8. The molecule has 4 rings (SSSR count). The summed E-state index contributed by atoms with van der Waals surface area (Å²) in [4.78, 5) is 17.2. The molecule has 0 bridgehead atoms. The zero-order valence-electron chi connectivity index (χ0n) is 11.2. The maximum Gasteiger partial charge on any atom is 0.263 e. The van der Waals surface area contributed by atoms with E-state index in [2.05, 4.69) is 16.3 Å². The van der Waals surface area contributed by atoms with E-state index in [-0.39, 0.29) is 5.91 Å². The molecular weight excluding hydrogens is 256 g/mol. The molecule has 3 heterocycles. The van der Waals surface area contributed by atoms with Crippen molar-refractivity contribution in [2.24, 2.45) is 11.8 Å². The topological polar surface area (TPSA) is 32.3 Å². The Kier molecular flexibility index (Phi) is 2.88. The molecule has 1 aliphatic carbocycles. The van der Waals surface area contributed by atoms with Gasteiger partial charge in [0.2, 0.25) is 0 Å². The van der Waals surface area contributed by atoms with E-state index < -0.39 is 0 Å². The van der Waals surface area contributed by atoms with Crippen molar-refractivity contribution in [2.45, 2.75) is 25.7 Å². The summed E-state index contributed by atoms with van der Waals surface area (Å²) in [6.07, 6.45) is 4.94. The largest absolute Gasteiger partial charge is 0.337 e. The number of nitrogens with one attached hydrogen (secondary N) is 1. The highest BCUT2D eigenvalue weighted by Crippen LogP contribution is 2.33. The van der Waals surface area contributed by atoms with Gasteiger partial charge in [-0.2, -0.15) is 0 Å². The fraction of sp³-hybridized carbons (Fsp3) is 0.667. The molecule has 0 spiro atoms. The van der Waals surface area contributed by atoms with Gasteiger partial charge in [-0.25, -0.2) is 0 Å². The summed E-state index contributed by atoms with van der Waals surface area (Å²) in [5, 5.41) is 3.43. The molecule has 2 fully saturated rings. The molecular formula is C15H20N2OS. The van der Waals surface area contributed by atoms with Crippen molar-refractivity contribution in [3.05, 3.63) is 21.4 Å². The van der Waals surface area contributed by atoms with Crippen LogP contribution in [-0.2, 0) is 12.8 Å². The number of carbonyl (C=O) groups excluding carboxylic acids is 1. The molecule has 19 heavy (non-hydrogen) atoms. The van der Waals surface area contributed by atoms with E-state index in [4.69, 9.17) is 0 Å². The van der Waals surface area contributed by atoms with Crippen LogP contribution < -0.4 is 5.32 Å². The number of fused-ring (bicyclic) bond motifs is 2. The lowest BCUT2D eigenvalue weighted by Gasteiger charge is -2.16. The molecule has 2 saturated heterocycles. The van der Waals surface area contributed by atoms with Crippen molar-refractivity contribution >= 4 is 17.2 Å². The number of hydrogen-bond donors (Lipinski definition) is 1. The van der Waals surface area contributed by atoms with Crippen LogP contribution in [0.3, 0.4) is 0 Å². The average molecular weight is 276 g/mol. The molecule has 2 unspecified atom stereocenters. The molecule has 0 radical (unpaired) electrons. The summed E-state index contributed by atoms with van der Waals surface area (Å²) in [5.74, 6) is 1.67. The van der Waals surface area contributed by atoms with E-state index in [1.165, 1.54) is 36.1 Å². The Bertz CT molecular complexity index is 475. The van der Waals surface area contributed by atoms with Crippen LogP contribution in [0.1, 0.15) is 33.0 Å². The van der Waals surface area contributed by atoms with Gasteiger partial charge >= 0.3 is 0 Å². The van der Waals surface area contributed by atoms with Crippen molar-refractivity contribution in [3.63, 3.8) is 0 Å². The van der Waals surface area contributed by atoms with E-state index in [0.29, 0.717) is 11.8 Å². The quantitative estimate of drug-likeness (QED) is 0.850. The van der Waals surface area contributed by atoms with Gasteiger partial charge in [0.1, 0.15) is 0 Å². The van der Waals surface area contributed by atoms with Crippen molar-refractivity contribution in [1.29, 1.82) is 0 Å². The molecule has 0 aromatic carbocycles. The predicted octanol–water partition coefficient (Wildman–Crippen LogP) is 1.92. The number of aryl methyl sites for hydroxylation is 2. The highest BCUT2D eigenvalue weighted by Gasteiger charge is 2.38. The van der Waals surface area contributed by atoms with Gasteiger partial charge < -0.3 is 10.2 Å². The first-order valence-corrected chi connectivity index (χ1v) is 8.24. The molecule has 1 N–H and O–H groups in total. The maximum atomic E-state index is 12.6. The van der Waals surface area contributed by atoms with E-state index >= 15 is 0 Å². The van der Waals surface area contributed by atoms with Crippen LogP contribution in [0.15, 0.2) is 6.07 Å². The second-order valence-corrected chi connectivity index (χ2v) is 7.29. The van der Waals surface area contributed by atoms with Gasteiger partial charge in [0.15, 0.2) is 0 Å². The van der Waals surface area contributed by atoms with Gasteiger partial charge in [0.05, 0.1) is 4.88 Å². The monoisotopic (exact) mass is 276 g/mol. The van der Waals surface area contributed by atoms with Gasteiger partial charge in [-0.15, -0.1) is 11.3 Å². The summed E-state index contributed by atoms with van der Waals surface area (Å²) >= 11 is 1.75. The zero-order valence-corrected chi connectivity index (χ0v) is 12.0. The Labute approximate surface area is 118 Å². The van der Waals surface area contributed by atoms with Gasteiger partial charge in [-0.1, -0.05) is 0 Å². The Morgan fingerprint density at radius 3 is 2.68 bits per heavy atom. The van der Waals surface area contributed by atoms with Crippen LogP contribution in [0.2, 0.25) is 0 Å². The first kappa shape index (κ1) is 11.9. The van der Waals surface area contributed by atoms with Crippen LogP contribution in [0.25, 0.3) is 0 Å². The fourth-order valence-corrected chi connectivity index (χ4v) is 4.99. The second-order valence-electron chi connectivity index (χ2n) is 6.15. The molecule has 102 valence electrons. The van der Waals surface area contributed by atoms with Crippen LogP contribution >= 0.6 is 11.3 Å². The molecule has 1 amide bonds. The Morgan fingerprint density at radius 2 is 1.95 bits per heavy atom. The number of thiophene rings is 1. The molecule has 4 heteroatoms. The summed E-state index contributed by atoms with van der Waals surface area (Å²) < 4.78 is 0. The smallest absolute Gasteiger partial charge is 0.263 e. The highest BCUT2D eigenvalue weighted by atomic mass is 32.1. The highest BCUT2D eigenvalue weighted by molar-refractivity contribution is 7.14. The standard InChI is InChI=1S/C15H20N2OS/c18-15(17-8-11-6-16-7-12(11)9-17)14-5-10-3-1-2-4-13(10)19-14/h5,11-12,16H,1-4,6-9H2. The molecule has 1 aromatic rings. The number of nitrogens with zero attached hydrogens (tertiary/aromatic N) is 1. The number of hydrogen-bond acceptors (Lipinski definition) is 3. The number of rotatable bonds is 1. The number of amides is 1. The minimum Gasteiger partial charge on any atom is -0.337 e. The minimum absolute atomic E-state index is 0.286. The Balaban J connectivity index is 1.53. The Morgan fingerprint density at radius 1 is 1.21 bits per heavy atom. The van der Waals surface area contributed by atoms with Gasteiger partial charge in [-0.3, -0.25) is 4.79 Å². The Hall–Kier alpha value is -0.870. The predicted molar refractivity (Wildman–Crippen MR) is 76.7 cm³/mol. The molecule has 1 aromatic heterocycles. The molecule has 3 nitrogen and oxygen atoms in total. The molecule has 2 atom stereocenters. The van der Waals surface area contributed by atoms with Crippen LogP contribution in [-0.4, -0.2) is 37.0 Å². The lowest BCUT2D eigenvalue weighted by Crippen LogP contribution is -2.31. The van der Waals surface area contributed by atoms with Gasteiger partial charge in [0.25, 0.3) is 5.91 Å². The van der Waals surface area contributed by atoms with Crippen molar-refractivity contribution in [2.75, 3.05) is 26.2 Å². The third-order valence-corrected chi connectivity index (χ3v) is 6.11. The van der Waals surface area contributed by atoms with E-state index in [9.17, 15) is 4.79 Å². The third kappa shape index (κ3) is 2.01. The van der Waals surface area contributed by atoms with Crippen LogP contribution in [0.4, 0.5) is 0 Å². The van der Waals surface area contributed by atoms with Crippen LogP contribution in [0, 0.1) is 11.8 Å². The molecule has 0 saturated carbocycles. The normalized spacial score (nSPS) is 29.4. The maximum absolute atomic E-state index is 12.6. The molecule has 2 aliphatic heterocycles. The fourth-order valence-electron chi connectivity index (χ4n) is 3.77. The number of carbonyl (C=O) groups is 1. The van der Waals surface area contributed by atoms with E-state index in [1.54, 1.807) is 11.3 Å². The average Bonchev–Trinajstić information content (AvgIpc) is 3.10. The summed E-state index contributed by atoms with van der Waals surface area (Å²) in [5.41, 5.74) is 1.45. The molecule has 3 aliphatic rings. The van der Waals surface area contributed by atoms with Gasteiger partial charge in [0, 0.05) is 31.1 Å². The van der Waals surface area contributed by atoms with Gasteiger partial charge in [-0.05, 0) is 49.1 Å². The third-order valence-electron chi connectivity index (χ3n) is 4.88. The van der Waals surface area contributed by atoms with E-state index in [0.717, 1.165) is 31.1 Å². The SMILES string of the molecule is O=C(c1cc2c(s1)CCCC2)N1CC2CNCC2C1. The minimum atomic E-state index is 0.286. The van der Waals surface area contributed by atoms with Crippen LogP contribution in [0.5, 0.6) is 0 Å². The number of likely N-dealkylation sites (tertiary alicyclic amines) is 1. The van der Waals surface area contributed by atoms with Crippen molar-refractivity contribution < 1.29 is 4.79 Å². The lowest BCUT2D eigenvalue weighted by atomic mass is 9.99. The summed E-state index contributed by atoms with van der Waals surface area (Å²) in [6, 6.07) is 2.17. The van der Waals surface area contributed by atoms with Crippen molar-refractivity contribution in [1.82, 2.24) is 10.2 Å². The van der Waals surface area contributed by atoms with E-state index in [1.807, 2.05) is 0 Å². The lowest BCUT2D eigenvalue weighted by molar-refractivity contribution is 0.0786. The second kappa shape index (κ2) is 4.60. The first-order chi connectivity index (χ1) is 9.31. The summed E-state index contributed by atoms with van der Waals surface area (Å²) in [6.45, 7) is 4.10. The first-order valence-electron chi connectivity index (χ1n) is 7.43. The van der Waals surface area contributed by atoms with Crippen molar-refractivity contribution in [3.8, 4) is 0 Å².